The van der Waals surface area contributed by atoms with E-state index in [0.717, 1.165) is 12.8 Å². The van der Waals surface area contributed by atoms with E-state index in [-0.39, 0.29) is 91.3 Å². The Morgan fingerprint density at radius 3 is 0.727 bits per heavy atom. The summed E-state index contributed by atoms with van der Waals surface area (Å²) in [5.74, 6) is -11.8. The summed E-state index contributed by atoms with van der Waals surface area (Å²) < 4.78 is 0. The molecule has 0 spiro atoms. The Hall–Kier alpha value is -1.57. The predicted molar refractivity (Wildman–Crippen MR) is 126 cm³/mol. The first-order chi connectivity index (χ1) is 19.2. The summed E-state index contributed by atoms with van der Waals surface area (Å²) in [5, 5.41) is 103. The van der Waals surface area contributed by atoms with Gasteiger partial charge in [-0.3, -0.25) is 0 Å². The molecule has 0 amide bonds. The number of aliphatic hydroxyl groups is 2. The van der Waals surface area contributed by atoms with E-state index in [9.17, 15) is 79.8 Å². The van der Waals surface area contributed by atoms with E-state index in [0.29, 0.717) is 0 Å². The Bertz CT molecular complexity index is 800. The van der Waals surface area contributed by atoms with E-state index >= 15 is 0 Å². The Morgan fingerprint density at radius 1 is 0.477 bits per heavy atom. The van der Waals surface area contributed by atoms with Gasteiger partial charge in [0, 0.05) is 35.6 Å². The molecule has 0 aliphatic rings. The van der Waals surface area contributed by atoms with E-state index < -0.39 is 70.7 Å². The first-order valence-corrected chi connectivity index (χ1v) is 13.0. The Kier molecular flexibility index (Phi) is 33.2. The van der Waals surface area contributed by atoms with Crippen LogP contribution in [0.25, 0.3) is 0 Å². The quantitative estimate of drug-likeness (QED) is 0.147. The molecule has 0 radical (unpaired) electrons. The van der Waals surface area contributed by atoms with Crippen LogP contribution in [0.1, 0.15) is 92.9 Å². The molecular weight excluding hydrogens is 751 g/mol. The molecule has 0 aliphatic carbocycles. The number of carboxylic acids is 6. The number of aliphatic carboxylic acids is 6. The van der Waals surface area contributed by atoms with Gasteiger partial charge in [0.25, 0.3) is 0 Å². The fourth-order valence-electron chi connectivity index (χ4n) is 3.88. The molecule has 0 saturated heterocycles. The van der Waals surface area contributed by atoms with Gasteiger partial charge in [-0.05, 0) is 25.7 Å². The number of hydrogen-bond donors (Lipinski definition) is 2. The van der Waals surface area contributed by atoms with E-state index in [1.165, 1.54) is 27.7 Å². The molecule has 44 heavy (non-hydrogen) atoms. The van der Waals surface area contributed by atoms with Gasteiger partial charge in [0.2, 0.25) is 0 Å². The molecule has 0 bridgehead atoms. The van der Waals surface area contributed by atoms with Crippen LogP contribution in [-0.2, 0) is 81.2 Å². The SMILES string of the molecule is CCC(CC)(C(=O)[O-])C(O)(CC(=O)[O-])C(=O)[O-].CCC(CC)(C(=O)[O-])C(O)(CC(=O)[O-])C(=O)[O-].CCC[O-].CCC[O-].[Zr+4].[Zr+4]. The maximum absolute atomic E-state index is 11.0. The van der Waals surface area contributed by atoms with E-state index in [2.05, 4.69) is 0 Å². The molecule has 2 unspecified atom stereocenters. The van der Waals surface area contributed by atoms with Crippen LogP contribution in [0.5, 0.6) is 0 Å². The van der Waals surface area contributed by atoms with Gasteiger partial charge in [-0.1, -0.05) is 54.4 Å². The van der Waals surface area contributed by atoms with Crippen molar-refractivity contribution in [2.24, 2.45) is 10.8 Å². The molecule has 0 aromatic rings. The third-order valence-corrected chi connectivity index (χ3v) is 6.66. The van der Waals surface area contributed by atoms with Gasteiger partial charge >= 0.3 is 52.4 Å². The Morgan fingerprint density at radius 2 is 0.659 bits per heavy atom. The van der Waals surface area contributed by atoms with Gasteiger partial charge < -0.3 is 79.8 Å². The van der Waals surface area contributed by atoms with Crippen molar-refractivity contribution in [1.29, 1.82) is 0 Å². The minimum atomic E-state index is -3.06. The van der Waals surface area contributed by atoms with Crippen molar-refractivity contribution in [3.05, 3.63) is 0 Å². The van der Waals surface area contributed by atoms with Crippen LogP contribution < -0.4 is 40.9 Å². The molecule has 0 heterocycles. The first-order valence-electron chi connectivity index (χ1n) is 13.0. The van der Waals surface area contributed by atoms with Gasteiger partial charge in [-0.2, -0.15) is 0 Å². The average Bonchev–Trinajstić information content (AvgIpc) is 2.89. The van der Waals surface area contributed by atoms with Crippen LogP contribution in [0.4, 0.5) is 0 Å². The molecule has 16 nitrogen and oxygen atoms in total. The van der Waals surface area contributed by atoms with Crippen molar-refractivity contribution >= 4 is 35.8 Å². The second-order valence-corrected chi connectivity index (χ2v) is 8.95. The summed E-state index contributed by atoms with van der Waals surface area (Å²) >= 11 is 0. The molecule has 18 heteroatoms. The monoisotopic (exact) mass is 788 g/mol. The van der Waals surface area contributed by atoms with Crippen LogP contribution in [0.2, 0.25) is 0 Å². The zero-order valence-corrected chi connectivity index (χ0v) is 30.6. The van der Waals surface area contributed by atoms with Crippen molar-refractivity contribution in [2.75, 3.05) is 13.2 Å². The standard InChI is InChI=1S/2C10H16O7.2C3H7O.2Zr/c2*1-3-9(4-2,7(13)14)10(17,8(15)16)5-6(11)12;2*1-2-3-4;;/h2*17H,3-5H2,1-2H3,(H,11,12)(H,13,14)(H,15,16);2*2-3H2,1H3;;/q;;2*-1;2*+4/p-6. The zero-order chi connectivity index (χ0) is 34.5. The molecule has 0 aromatic carbocycles. The van der Waals surface area contributed by atoms with Crippen molar-refractivity contribution in [3.63, 3.8) is 0 Å². The van der Waals surface area contributed by atoms with Crippen LogP contribution in [0, 0.1) is 10.8 Å². The smallest absolute Gasteiger partial charge is 0.854 e. The third kappa shape index (κ3) is 15.1. The van der Waals surface area contributed by atoms with Crippen molar-refractivity contribution < 1.29 is 132 Å². The Labute approximate surface area is 294 Å². The van der Waals surface area contributed by atoms with Crippen LogP contribution in [-0.4, -0.2) is 70.4 Å². The van der Waals surface area contributed by atoms with Gasteiger partial charge in [0.1, 0.15) is 11.2 Å². The minimum absolute atomic E-state index is 0. The van der Waals surface area contributed by atoms with Crippen LogP contribution >= 0.6 is 0 Å². The average molecular weight is 791 g/mol. The van der Waals surface area contributed by atoms with E-state index in [4.69, 9.17) is 0 Å². The van der Waals surface area contributed by atoms with Crippen molar-refractivity contribution in [2.45, 2.75) is 104 Å². The van der Waals surface area contributed by atoms with E-state index in [1.807, 2.05) is 13.8 Å². The minimum Gasteiger partial charge on any atom is -0.854 e. The molecule has 0 fully saturated rings. The number of carbonyl (C=O) groups excluding carboxylic acids is 6. The second-order valence-electron chi connectivity index (χ2n) is 8.95. The topological polar surface area (TPSA) is 327 Å². The molecule has 0 aliphatic heterocycles. The molecule has 0 saturated carbocycles. The fraction of sp³-hybridized carbons (Fsp3) is 0.769. The Balaban J connectivity index is -0.000000127. The van der Waals surface area contributed by atoms with Crippen molar-refractivity contribution in [3.8, 4) is 0 Å². The summed E-state index contributed by atoms with van der Waals surface area (Å²) in [7, 11) is 0. The summed E-state index contributed by atoms with van der Waals surface area (Å²) in [6, 6.07) is 0. The number of hydrogen-bond acceptors (Lipinski definition) is 16. The van der Waals surface area contributed by atoms with E-state index in [1.54, 1.807) is 0 Å². The molecular formula is C26H40O16Zr2. The molecule has 248 valence electrons. The third-order valence-electron chi connectivity index (χ3n) is 6.66. The van der Waals surface area contributed by atoms with Crippen molar-refractivity contribution in [1.82, 2.24) is 0 Å². The summed E-state index contributed by atoms with van der Waals surface area (Å²) in [6.45, 7) is 9.11. The molecule has 2 N–H and O–H groups in total. The van der Waals surface area contributed by atoms with Crippen LogP contribution in [0.15, 0.2) is 0 Å². The van der Waals surface area contributed by atoms with Crippen LogP contribution in [0.3, 0.4) is 0 Å². The number of rotatable bonds is 16. The second kappa shape index (κ2) is 26.6. The van der Waals surface area contributed by atoms with Gasteiger partial charge in [0.05, 0.1) is 23.9 Å². The molecule has 0 aromatic heterocycles. The first kappa shape index (κ1) is 54.9. The maximum Gasteiger partial charge on any atom is 4.00 e. The molecule has 2 atom stereocenters. The maximum atomic E-state index is 11.0. The van der Waals surface area contributed by atoms with Gasteiger partial charge in [-0.15, -0.1) is 13.2 Å². The number of carbonyl (C=O) groups is 6. The number of carboxylic acid groups (broad SMARTS) is 6. The summed E-state index contributed by atoms with van der Waals surface area (Å²) in [5.41, 5.74) is -10.6. The fourth-order valence-corrected chi connectivity index (χ4v) is 3.88. The zero-order valence-electron chi connectivity index (χ0n) is 25.7. The normalized spacial score (nSPS) is 13.0. The predicted octanol–water partition coefficient (Wildman–Crippen LogP) is -8.16. The van der Waals surface area contributed by atoms with Gasteiger partial charge in [-0.25, -0.2) is 0 Å². The summed E-state index contributed by atoms with van der Waals surface area (Å²) in [4.78, 5) is 64.7. The largest absolute Gasteiger partial charge is 4.00 e. The molecule has 0 rings (SSSR count). The van der Waals surface area contributed by atoms with Gasteiger partial charge in [0.15, 0.2) is 0 Å². The summed E-state index contributed by atoms with van der Waals surface area (Å²) in [6.07, 6.45) is -2.48.